The van der Waals surface area contributed by atoms with Crippen molar-refractivity contribution in [2.24, 2.45) is 5.73 Å². The van der Waals surface area contributed by atoms with Gasteiger partial charge in [-0.1, -0.05) is 12.1 Å². The van der Waals surface area contributed by atoms with Gasteiger partial charge in [0, 0.05) is 19.5 Å². The van der Waals surface area contributed by atoms with E-state index >= 15 is 0 Å². The minimum absolute atomic E-state index is 0.134. The van der Waals surface area contributed by atoms with Crippen LogP contribution in [-0.2, 0) is 4.79 Å². The highest BCUT2D eigenvalue weighted by molar-refractivity contribution is 5.76. The molecule has 1 aromatic rings. The number of nitrogens with two attached hydrogens (primary N) is 1. The zero-order chi connectivity index (χ0) is 12.0. The molecule has 1 aromatic carbocycles. The Morgan fingerprint density at radius 3 is 2.56 bits per heavy atom. The van der Waals surface area contributed by atoms with Crippen molar-refractivity contribution in [3.8, 4) is 5.75 Å². The van der Waals surface area contributed by atoms with Gasteiger partial charge in [0.1, 0.15) is 5.75 Å². The Hall–Kier alpha value is -1.59. The quantitative estimate of drug-likeness (QED) is 0.629. The molecule has 0 saturated heterocycles. The van der Waals surface area contributed by atoms with Crippen molar-refractivity contribution in [3.05, 3.63) is 29.8 Å². The largest absolute Gasteiger partial charge is 0.497 e. The molecule has 88 valence electrons. The number of carbonyl (C=O) groups is 1. The van der Waals surface area contributed by atoms with E-state index in [0.717, 1.165) is 11.3 Å². The third-order valence-corrected chi connectivity index (χ3v) is 2.21. The molecule has 0 fully saturated rings. The Morgan fingerprint density at radius 1 is 1.44 bits per heavy atom. The summed E-state index contributed by atoms with van der Waals surface area (Å²) in [5.41, 5.74) is 11.8. The first-order valence-corrected chi connectivity index (χ1v) is 5.02. The second kappa shape index (κ2) is 6.09. The van der Waals surface area contributed by atoms with Gasteiger partial charge in [-0.05, 0) is 17.7 Å². The first kappa shape index (κ1) is 12.5. The van der Waals surface area contributed by atoms with E-state index in [4.69, 9.17) is 10.5 Å². The summed E-state index contributed by atoms with van der Waals surface area (Å²) in [7, 11) is 3.24. The van der Waals surface area contributed by atoms with E-state index in [0.29, 0.717) is 0 Å². The highest BCUT2D eigenvalue weighted by Crippen LogP contribution is 2.17. The summed E-state index contributed by atoms with van der Waals surface area (Å²) in [5.74, 6) is 0.640. The highest BCUT2D eigenvalue weighted by atomic mass is 16.5. The van der Waals surface area contributed by atoms with Crippen molar-refractivity contribution in [2.45, 2.75) is 12.5 Å². The Bertz CT molecular complexity index is 338. The van der Waals surface area contributed by atoms with Gasteiger partial charge in [-0.25, -0.2) is 5.43 Å². The molecule has 5 heteroatoms. The number of carbonyl (C=O) groups excluding carboxylic acids is 1. The molecule has 0 aromatic heterocycles. The summed E-state index contributed by atoms with van der Waals surface area (Å²) in [6.45, 7) is 0. The van der Waals surface area contributed by atoms with Crippen molar-refractivity contribution < 1.29 is 9.53 Å². The molecule has 0 aliphatic rings. The molecule has 1 unspecified atom stereocenters. The normalized spacial score (nSPS) is 11.9. The van der Waals surface area contributed by atoms with Crippen LogP contribution in [0.3, 0.4) is 0 Å². The number of hydrogen-bond donors (Lipinski definition) is 3. The van der Waals surface area contributed by atoms with Crippen LogP contribution < -0.4 is 21.3 Å². The molecular formula is C11H17N3O2. The Balaban J connectivity index is 2.58. The SMILES string of the molecule is CNNC(=O)CC(N)c1ccc(OC)cc1. The van der Waals surface area contributed by atoms with E-state index in [2.05, 4.69) is 10.9 Å². The van der Waals surface area contributed by atoms with Crippen molar-refractivity contribution in [1.82, 2.24) is 10.9 Å². The zero-order valence-electron chi connectivity index (χ0n) is 9.49. The molecule has 0 spiro atoms. The molecule has 0 saturated carbocycles. The number of nitrogens with one attached hydrogen (secondary N) is 2. The van der Waals surface area contributed by atoms with Crippen LogP contribution in [0, 0.1) is 0 Å². The first-order valence-electron chi connectivity index (χ1n) is 5.02. The van der Waals surface area contributed by atoms with Crippen LogP contribution in [0.4, 0.5) is 0 Å². The fraction of sp³-hybridized carbons (Fsp3) is 0.364. The average Bonchev–Trinajstić information content (AvgIpc) is 2.29. The number of ether oxygens (including phenoxy) is 1. The Morgan fingerprint density at radius 2 is 2.06 bits per heavy atom. The highest BCUT2D eigenvalue weighted by Gasteiger charge is 2.10. The first-order chi connectivity index (χ1) is 7.67. The molecule has 0 aliphatic carbocycles. The Kier molecular flexibility index (Phi) is 4.75. The predicted octanol–water partition coefficient (Wildman–Crippen LogP) is 0.336. The number of hydrogen-bond acceptors (Lipinski definition) is 4. The van der Waals surface area contributed by atoms with Crippen molar-refractivity contribution >= 4 is 5.91 Å². The Labute approximate surface area is 94.9 Å². The maximum Gasteiger partial charge on any atom is 0.235 e. The molecule has 4 N–H and O–H groups in total. The van der Waals surface area contributed by atoms with E-state index in [9.17, 15) is 4.79 Å². The molecule has 16 heavy (non-hydrogen) atoms. The van der Waals surface area contributed by atoms with Crippen LogP contribution in [0.2, 0.25) is 0 Å². The minimum atomic E-state index is -0.306. The molecule has 1 atom stereocenters. The molecule has 5 nitrogen and oxygen atoms in total. The van der Waals surface area contributed by atoms with Gasteiger partial charge in [0.2, 0.25) is 5.91 Å². The van der Waals surface area contributed by atoms with Gasteiger partial charge < -0.3 is 10.5 Å². The fourth-order valence-corrected chi connectivity index (χ4v) is 1.36. The van der Waals surface area contributed by atoms with E-state index in [1.54, 1.807) is 14.2 Å². The predicted molar refractivity (Wildman–Crippen MR) is 61.7 cm³/mol. The minimum Gasteiger partial charge on any atom is -0.497 e. The summed E-state index contributed by atoms with van der Waals surface area (Å²) < 4.78 is 5.04. The zero-order valence-corrected chi connectivity index (χ0v) is 9.49. The van der Waals surface area contributed by atoms with E-state index < -0.39 is 0 Å². The lowest BCUT2D eigenvalue weighted by atomic mass is 10.0. The molecule has 0 bridgehead atoms. The maximum absolute atomic E-state index is 11.3. The molecule has 0 aliphatic heterocycles. The lowest BCUT2D eigenvalue weighted by Crippen LogP contribution is -2.36. The lowest BCUT2D eigenvalue weighted by molar-refractivity contribution is -0.122. The standard InChI is InChI=1S/C11H17N3O2/c1-13-14-11(15)7-10(12)8-3-5-9(16-2)6-4-8/h3-6,10,13H,7,12H2,1-2H3,(H,14,15). The summed E-state index contributed by atoms with van der Waals surface area (Å²) in [4.78, 5) is 11.3. The summed E-state index contributed by atoms with van der Waals surface area (Å²) in [6, 6.07) is 7.06. The number of amides is 1. The smallest absolute Gasteiger partial charge is 0.235 e. The van der Waals surface area contributed by atoms with Gasteiger partial charge in [-0.2, -0.15) is 0 Å². The van der Waals surface area contributed by atoms with Crippen LogP contribution in [-0.4, -0.2) is 20.1 Å². The molecule has 1 amide bonds. The lowest BCUT2D eigenvalue weighted by Gasteiger charge is -2.12. The van der Waals surface area contributed by atoms with Crippen molar-refractivity contribution in [1.29, 1.82) is 0 Å². The summed E-state index contributed by atoms with van der Waals surface area (Å²) in [5, 5.41) is 0. The third-order valence-electron chi connectivity index (χ3n) is 2.21. The van der Waals surface area contributed by atoms with Crippen molar-refractivity contribution in [3.63, 3.8) is 0 Å². The topological polar surface area (TPSA) is 76.4 Å². The van der Waals surface area contributed by atoms with Gasteiger partial charge in [-0.15, -0.1) is 0 Å². The second-order valence-electron chi connectivity index (χ2n) is 3.38. The molecule has 1 rings (SSSR count). The van der Waals surface area contributed by atoms with Crippen LogP contribution in [0.1, 0.15) is 18.0 Å². The molecule has 0 radical (unpaired) electrons. The van der Waals surface area contributed by atoms with Gasteiger partial charge in [0.05, 0.1) is 7.11 Å². The summed E-state index contributed by atoms with van der Waals surface area (Å²) in [6.07, 6.45) is 0.243. The summed E-state index contributed by atoms with van der Waals surface area (Å²) >= 11 is 0. The van der Waals surface area contributed by atoms with Crippen LogP contribution in [0.25, 0.3) is 0 Å². The fourth-order valence-electron chi connectivity index (χ4n) is 1.36. The molecule has 0 heterocycles. The van der Waals surface area contributed by atoms with Crippen molar-refractivity contribution in [2.75, 3.05) is 14.2 Å². The van der Waals surface area contributed by atoms with Gasteiger partial charge in [0.15, 0.2) is 0 Å². The molecular weight excluding hydrogens is 206 g/mol. The third kappa shape index (κ3) is 3.52. The van der Waals surface area contributed by atoms with Crippen LogP contribution in [0.15, 0.2) is 24.3 Å². The van der Waals surface area contributed by atoms with E-state index in [1.807, 2.05) is 24.3 Å². The van der Waals surface area contributed by atoms with Crippen LogP contribution in [0.5, 0.6) is 5.75 Å². The number of benzene rings is 1. The maximum atomic E-state index is 11.3. The van der Waals surface area contributed by atoms with E-state index in [1.165, 1.54) is 0 Å². The van der Waals surface area contributed by atoms with Gasteiger partial charge >= 0.3 is 0 Å². The van der Waals surface area contributed by atoms with E-state index in [-0.39, 0.29) is 18.4 Å². The number of methoxy groups -OCH3 is 1. The number of rotatable bonds is 5. The van der Waals surface area contributed by atoms with Gasteiger partial charge in [0.25, 0.3) is 0 Å². The van der Waals surface area contributed by atoms with Crippen LogP contribution >= 0.6 is 0 Å². The second-order valence-corrected chi connectivity index (χ2v) is 3.38. The number of hydrazine groups is 1. The van der Waals surface area contributed by atoms with Gasteiger partial charge in [-0.3, -0.25) is 10.2 Å². The monoisotopic (exact) mass is 223 g/mol. The average molecular weight is 223 g/mol.